The minimum atomic E-state index is -0.371. The molecule has 2 aliphatic carbocycles. The third-order valence-corrected chi connectivity index (χ3v) is 5.03. The van der Waals surface area contributed by atoms with Gasteiger partial charge < -0.3 is 14.9 Å². The standard InChI is InChI=1S/C16H19ClN4O2/c17-12-8-18-4-3-13(12)19-7-11-5-10(6-14(11)22)16-20-15(21-23-16)9-1-2-9/h3-4,8-11,14,22H,1-2,5-7H2,(H,18,19)/t10-,11+,14+/m0/s1. The molecule has 2 N–H and O–H groups in total. The van der Waals surface area contributed by atoms with Crippen molar-refractivity contribution in [3.63, 3.8) is 0 Å². The van der Waals surface area contributed by atoms with Crippen molar-refractivity contribution >= 4 is 17.3 Å². The van der Waals surface area contributed by atoms with E-state index in [1.807, 2.05) is 6.07 Å². The minimum Gasteiger partial charge on any atom is -0.393 e. The molecular formula is C16H19ClN4O2. The molecule has 2 saturated carbocycles. The van der Waals surface area contributed by atoms with Crippen molar-refractivity contribution in [3.05, 3.63) is 35.2 Å². The summed E-state index contributed by atoms with van der Waals surface area (Å²) in [6.45, 7) is 0.658. The first-order chi connectivity index (χ1) is 11.2. The molecule has 0 amide bonds. The van der Waals surface area contributed by atoms with Crippen LogP contribution < -0.4 is 5.32 Å². The Morgan fingerprint density at radius 3 is 2.96 bits per heavy atom. The number of halogens is 1. The van der Waals surface area contributed by atoms with Gasteiger partial charge in [-0.05, 0) is 31.7 Å². The lowest BCUT2D eigenvalue weighted by atomic mass is 10.0. The largest absolute Gasteiger partial charge is 0.393 e. The Bertz CT molecular complexity index is 688. The van der Waals surface area contributed by atoms with Crippen molar-refractivity contribution in [2.24, 2.45) is 5.92 Å². The Balaban J connectivity index is 1.37. The van der Waals surface area contributed by atoms with E-state index in [2.05, 4.69) is 20.4 Å². The van der Waals surface area contributed by atoms with E-state index in [0.717, 1.165) is 30.8 Å². The van der Waals surface area contributed by atoms with E-state index in [-0.39, 0.29) is 17.9 Å². The summed E-state index contributed by atoms with van der Waals surface area (Å²) in [7, 11) is 0. The first-order valence-corrected chi connectivity index (χ1v) is 8.43. The van der Waals surface area contributed by atoms with Crippen molar-refractivity contribution in [3.8, 4) is 0 Å². The maximum absolute atomic E-state index is 10.3. The molecule has 2 aliphatic rings. The maximum atomic E-state index is 10.3. The number of aliphatic hydroxyl groups excluding tert-OH is 1. The van der Waals surface area contributed by atoms with Gasteiger partial charge in [0.2, 0.25) is 5.89 Å². The van der Waals surface area contributed by atoms with Crippen LogP contribution in [0.1, 0.15) is 49.2 Å². The SMILES string of the molecule is O[C@@H]1C[C@@H](c2nc(C3CC3)no2)C[C@@H]1CNc1ccncc1Cl. The molecule has 0 aliphatic heterocycles. The molecular weight excluding hydrogens is 316 g/mol. The van der Waals surface area contributed by atoms with Crippen LogP contribution >= 0.6 is 11.6 Å². The zero-order chi connectivity index (χ0) is 15.8. The van der Waals surface area contributed by atoms with Crippen LogP contribution in [0.4, 0.5) is 5.69 Å². The highest BCUT2D eigenvalue weighted by Crippen LogP contribution is 2.41. The first-order valence-electron chi connectivity index (χ1n) is 8.05. The van der Waals surface area contributed by atoms with Crippen LogP contribution in [0.5, 0.6) is 0 Å². The van der Waals surface area contributed by atoms with E-state index in [9.17, 15) is 5.11 Å². The van der Waals surface area contributed by atoms with Crippen LogP contribution in [-0.2, 0) is 0 Å². The van der Waals surface area contributed by atoms with Gasteiger partial charge in [-0.15, -0.1) is 0 Å². The molecule has 0 bridgehead atoms. The van der Waals surface area contributed by atoms with Gasteiger partial charge in [-0.3, -0.25) is 4.98 Å². The number of nitrogens with one attached hydrogen (secondary N) is 1. The van der Waals surface area contributed by atoms with Crippen LogP contribution in [0.3, 0.4) is 0 Å². The highest BCUT2D eigenvalue weighted by atomic mass is 35.5. The Labute approximate surface area is 139 Å². The summed E-state index contributed by atoms with van der Waals surface area (Å²) in [5.74, 6) is 2.28. The van der Waals surface area contributed by atoms with E-state index in [1.165, 1.54) is 0 Å². The van der Waals surface area contributed by atoms with Crippen LogP contribution in [-0.4, -0.2) is 32.9 Å². The average molecular weight is 335 g/mol. The fourth-order valence-electron chi connectivity index (χ4n) is 3.20. The molecule has 6 nitrogen and oxygen atoms in total. The third kappa shape index (κ3) is 3.19. The number of hydrogen-bond donors (Lipinski definition) is 2. The van der Waals surface area contributed by atoms with Crippen LogP contribution in [0.25, 0.3) is 0 Å². The van der Waals surface area contributed by atoms with Crippen LogP contribution in [0.15, 0.2) is 23.0 Å². The quantitative estimate of drug-likeness (QED) is 0.874. The molecule has 23 heavy (non-hydrogen) atoms. The molecule has 2 fully saturated rings. The van der Waals surface area contributed by atoms with Gasteiger partial charge in [-0.2, -0.15) is 4.98 Å². The molecule has 122 valence electrons. The summed E-state index contributed by atoms with van der Waals surface area (Å²) >= 11 is 6.09. The Kier molecular flexibility index (Phi) is 3.95. The Morgan fingerprint density at radius 1 is 1.30 bits per heavy atom. The van der Waals surface area contributed by atoms with Gasteiger partial charge in [0.1, 0.15) is 0 Å². The van der Waals surface area contributed by atoms with E-state index >= 15 is 0 Å². The van der Waals surface area contributed by atoms with Crippen LogP contribution in [0.2, 0.25) is 5.02 Å². The zero-order valence-electron chi connectivity index (χ0n) is 12.7. The molecule has 2 heterocycles. The molecule has 3 atom stereocenters. The predicted molar refractivity (Wildman–Crippen MR) is 85.5 cm³/mol. The van der Waals surface area contributed by atoms with Gasteiger partial charge in [-0.1, -0.05) is 16.8 Å². The van der Waals surface area contributed by atoms with Gasteiger partial charge in [0.05, 0.1) is 16.8 Å². The molecule has 2 aromatic rings. The lowest BCUT2D eigenvalue weighted by Gasteiger charge is -2.16. The number of aliphatic hydroxyl groups is 1. The number of hydrogen-bond acceptors (Lipinski definition) is 6. The molecule has 2 aromatic heterocycles. The summed E-state index contributed by atoms with van der Waals surface area (Å²) < 4.78 is 5.41. The predicted octanol–water partition coefficient (Wildman–Crippen LogP) is 2.96. The van der Waals surface area contributed by atoms with Gasteiger partial charge in [0.15, 0.2) is 5.82 Å². The topological polar surface area (TPSA) is 84.1 Å². The lowest BCUT2D eigenvalue weighted by molar-refractivity contribution is 0.137. The van der Waals surface area contributed by atoms with Crippen molar-refractivity contribution in [1.82, 2.24) is 15.1 Å². The van der Waals surface area contributed by atoms with Crippen LogP contribution in [0, 0.1) is 5.92 Å². The smallest absolute Gasteiger partial charge is 0.229 e. The van der Waals surface area contributed by atoms with Crippen molar-refractivity contribution < 1.29 is 9.63 Å². The normalized spacial score (nSPS) is 27.3. The summed E-state index contributed by atoms with van der Waals surface area (Å²) in [6, 6.07) is 1.83. The second kappa shape index (κ2) is 6.09. The number of pyridine rings is 1. The second-order valence-corrected chi connectivity index (χ2v) is 6.90. The fraction of sp³-hybridized carbons (Fsp3) is 0.562. The fourth-order valence-corrected chi connectivity index (χ4v) is 3.39. The second-order valence-electron chi connectivity index (χ2n) is 6.50. The third-order valence-electron chi connectivity index (χ3n) is 4.73. The van der Waals surface area contributed by atoms with E-state index in [0.29, 0.717) is 29.8 Å². The highest BCUT2D eigenvalue weighted by molar-refractivity contribution is 6.33. The maximum Gasteiger partial charge on any atom is 0.229 e. The molecule has 0 unspecified atom stereocenters. The summed E-state index contributed by atoms with van der Waals surface area (Å²) in [4.78, 5) is 8.48. The number of nitrogens with zero attached hydrogens (tertiary/aromatic N) is 3. The lowest BCUT2D eigenvalue weighted by Crippen LogP contribution is -2.22. The molecule has 4 rings (SSSR count). The minimum absolute atomic E-state index is 0.139. The molecule has 0 aromatic carbocycles. The van der Waals surface area contributed by atoms with Gasteiger partial charge in [0, 0.05) is 36.7 Å². The van der Waals surface area contributed by atoms with Gasteiger partial charge in [-0.25, -0.2) is 0 Å². The number of anilines is 1. The molecule has 0 spiro atoms. The van der Waals surface area contributed by atoms with Gasteiger partial charge >= 0.3 is 0 Å². The van der Waals surface area contributed by atoms with E-state index < -0.39 is 0 Å². The zero-order valence-corrected chi connectivity index (χ0v) is 13.4. The van der Waals surface area contributed by atoms with Gasteiger partial charge in [0.25, 0.3) is 0 Å². The molecule has 0 radical (unpaired) electrons. The summed E-state index contributed by atoms with van der Waals surface area (Å²) in [6.07, 6.45) is 6.75. The Morgan fingerprint density at radius 2 is 2.17 bits per heavy atom. The highest BCUT2D eigenvalue weighted by Gasteiger charge is 2.38. The molecule has 7 heteroatoms. The monoisotopic (exact) mass is 334 g/mol. The number of rotatable bonds is 5. The summed E-state index contributed by atoms with van der Waals surface area (Å²) in [5, 5.41) is 18.3. The first kappa shape index (κ1) is 14.9. The van der Waals surface area contributed by atoms with E-state index in [1.54, 1.807) is 12.4 Å². The summed E-state index contributed by atoms with van der Waals surface area (Å²) in [5.41, 5.74) is 0.839. The van der Waals surface area contributed by atoms with E-state index in [4.69, 9.17) is 16.1 Å². The van der Waals surface area contributed by atoms with Crippen molar-refractivity contribution in [1.29, 1.82) is 0 Å². The van der Waals surface area contributed by atoms with Crippen molar-refractivity contribution in [2.45, 2.75) is 43.6 Å². The number of aromatic nitrogens is 3. The van der Waals surface area contributed by atoms with Crippen molar-refractivity contribution in [2.75, 3.05) is 11.9 Å². The molecule has 0 saturated heterocycles. The Hall–Kier alpha value is -1.66. The average Bonchev–Trinajstić information content (AvgIpc) is 3.16.